The molecule has 3 heterocycles. The number of aliphatic hydroxyl groups is 7. The third kappa shape index (κ3) is 9.35. The summed E-state index contributed by atoms with van der Waals surface area (Å²) >= 11 is 0. The average Bonchev–Trinajstić information content (AvgIpc) is 3.42. The molecule has 3 aliphatic heterocycles. The summed E-state index contributed by atoms with van der Waals surface area (Å²) in [6.45, 7) is -0.718. The maximum absolute atomic E-state index is 13.2. The van der Waals surface area contributed by atoms with Crippen molar-refractivity contribution in [2.75, 3.05) is 26.4 Å². The van der Waals surface area contributed by atoms with Gasteiger partial charge in [0.1, 0.15) is 48.3 Å². The highest BCUT2D eigenvalue weighted by Crippen LogP contribution is 2.34. The molecule has 0 bridgehead atoms. The number of phenols is 4. The molecule has 0 amide bonds. The number of hydrogen-bond donors (Lipinski definition) is 11. The van der Waals surface area contributed by atoms with Gasteiger partial charge in [0.2, 0.25) is 0 Å². The van der Waals surface area contributed by atoms with E-state index in [1.165, 1.54) is 49.4 Å². The molecule has 0 aromatic heterocycles. The zero-order valence-electron chi connectivity index (χ0n) is 28.3. The molecule has 3 saturated heterocycles. The summed E-state index contributed by atoms with van der Waals surface area (Å²) in [5, 5.41) is 112. The molecule has 3 aliphatic rings. The number of aromatic hydroxyl groups is 4. The standard InChI is InChI=1S/C34H44O19/c1-15-24(41)25(42)26(43)32(50-15)53-29-27(44)31(47-9-8-17-3-6-19(37)21(39)11-17)51-22(12-48-33-30(45)34(46,13-35)14-49-33)28(29)52-23(40)7-4-16-2-5-18(36)20(38)10-16/h2-7,10-11,15,22,24-33,35-39,41-46H,8-9,12-14H2,1H3/b7-4+/t15-,22-,24-,25-,26-,27-,28-,29+,30+,31-,32+,33-,34?/m1/s1. The zero-order chi connectivity index (χ0) is 38.6. The van der Waals surface area contributed by atoms with Crippen LogP contribution in [0.5, 0.6) is 23.0 Å². The second-order valence-electron chi connectivity index (χ2n) is 13.0. The van der Waals surface area contributed by atoms with Crippen molar-refractivity contribution in [1.29, 1.82) is 0 Å². The van der Waals surface area contributed by atoms with E-state index in [0.717, 1.165) is 6.08 Å². The highest BCUT2D eigenvalue weighted by molar-refractivity contribution is 5.87. The van der Waals surface area contributed by atoms with E-state index in [9.17, 15) is 61.0 Å². The molecule has 13 atom stereocenters. The Hall–Kier alpha value is -3.67. The predicted octanol–water partition coefficient (Wildman–Crippen LogP) is -2.55. The molecule has 1 unspecified atom stereocenters. The predicted molar refractivity (Wildman–Crippen MR) is 174 cm³/mol. The summed E-state index contributed by atoms with van der Waals surface area (Å²) in [4.78, 5) is 13.2. The van der Waals surface area contributed by atoms with Gasteiger partial charge in [-0.3, -0.25) is 0 Å². The van der Waals surface area contributed by atoms with Gasteiger partial charge in [0, 0.05) is 6.08 Å². The molecule has 294 valence electrons. The molecule has 0 radical (unpaired) electrons. The van der Waals surface area contributed by atoms with Gasteiger partial charge in [0.15, 0.2) is 48.0 Å². The van der Waals surface area contributed by atoms with Crippen molar-refractivity contribution in [3.05, 3.63) is 53.6 Å². The van der Waals surface area contributed by atoms with Crippen molar-refractivity contribution in [3.8, 4) is 23.0 Å². The molecule has 0 aliphatic carbocycles. The summed E-state index contributed by atoms with van der Waals surface area (Å²) in [6.07, 6.45) is -17.0. The highest BCUT2D eigenvalue weighted by Gasteiger charge is 2.54. The van der Waals surface area contributed by atoms with Crippen LogP contribution in [0.25, 0.3) is 6.08 Å². The van der Waals surface area contributed by atoms with Crippen LogP contribution in [0, 0.1) is 0 Å². The van der Waals surface area contributed by atoms with Gasteiger partial charge in [-0.2, -0.15) is 0 Å². The second kappa shape index (κ2) is 17.2. The van der Waals surface area contributed by atoms with Gasteiger partial charge in [0.05, 0.1) is 32.5 Å². The fourth-order valence-corrected chi connectivity index (χ4v) is 5.87. The number of aliphatic hydroxyl groups excluding tert-OH is 6. The van der Waals surface area contributed by atoms with Crippen molar-refractivity contribution in [2.24, 2.45) is 0 Å². The Labute approximate surface area is 302 Å². The minimum atomic E-state index is -2.05. The molecule has 11 N–H and O–H groups in total. The lowest BCUT2D eigenvalue weighted by atomic mass is 9.96. The quantitative estimate of drug-likeness (QED) is 0.0569. The van der Waals surface area contributed by atoms with Crippen LogP contribution in [0.3, 0.4) is 0 Å². The summed E-state index contributed by atoms with van der Waals surface area (Å²) < 4.78 is 40.0. The number of ether oxygens (including phenoxy) is 7. The number of carbonyl (C=O) groups is 1. The number of esters is 1. The molecule has 19 nitrogen and oxygen atoms in total. The van der Waals surface area contributed by atoms with E-state index in [1.54, 1.807) is 0 Å². The van der Waals surface area contributed by atoms with Crippen LogP contribution in [0.2, 0.25) is 0 Å². The Morgan fingerprint density at radius 1 is 0.830 bits per heavy atom. The van der Waals surface area contributed by atoms with Crippen LogP contribution in [0.15, 0.2) is 42.5 Å². The largest absolute Gasteiger partial charge is 0.504 e. The Kier molecular flexibility index (Phi) is 13.2. The Morgan fingerprint density at radius 3 is 2.19 bits per heavy atom. The first-order chi connectivity index (χ1) is 25.1. The maximum Gasteiger partial charge on any atom is 0.331 e. The van der Waals surface area contributed by atoms with Gasteiger partial charge in [-0.25, -0.2) is 4.79 Å². The first-order valence-corrected chi connectivity index (χ1v) is 16.6. The van der Waals surface area contributed by atoms with E-state index in [4.69, 9.17) is 33.2 Å². The van der Waals surface area contributed by atoms with E-state index in [-0.39, 0.29) is 30.1 Å². The molecule has 53 heavy (non-hydrogen) atoms. The molecule has 0 spiro atoms. The lowest BCUT2D eigenvalue weighted by Crippen LogP contribution is -2.65. The van der Waals surface area contributed by atoms with Crippen molar-refractivity contribution in [1.82, 2.24) is 0 Å². The molecule has 2 aromatic carbocycles. The molecule has 3 fully saturated rings. The first kappa shape index (κ1) is 40.5. The van der Waals surface area contributed by atoms with E-state index in [0.29, 0.717) is 5.56 Å². The number of rotatable bonds is 13. The van der Waals surface area contributed by atoms with E-state index >= 15 is 0 Å². The van der Waals surface area contributed by atoms with Gasteiger partial charge in [-0.05, 0) is 54.8 Å². The first-order valence-electron chi connectivity index (χ1n) is 16.6. The number of hydrogen-bond acceptors (Lipinski definition) is 19. The topological polar surface area (TPSA) is 304 Å². The molecular formula is C34H44O19. The average molecular weight is 757 g/mol. The minimum absolute atomic E-state index is 0.136. The highest BCUT2D eigenvalue weighted by atomic mass is 16.8. The summed E-state index contributed by atoms with van der Waals surface area (Å²) in [7, 11) is 0. The Bertz CT molecular complexity index is 1570. The number of phenolic OH excluding ortho intramolecular Hbond substituents is 4. The van der Waals surface area contributed by atoms with Crippen molar-refractivity contribution in [3.63, 3.8) is 0 Å². The normalized spacial score (nSPS) is 36.2. The molecule has 2 aromatic rings. The SMILES string of the molecule is C[C@H]1O[C@@H](O[C@H]2[C@@H](O)[C@H](OCCc3ccc(O)c(O)c3)O[C@H](CO[C@@H]3OCC(O)(CO)[C@H]3O)[C@H]2OC(=O)/C=C/c2ccc(O)c(O)c2)[C@H](O)[C@H](O)[C@@H]1O. The second-order valence-corrected chi connectivity index (χ2v) is 13.0. The Morgan fingerprint density at radius 2 is 1.53 bits per heavy atom. The van der Waals surface area contributed by atoms with Crippen molar-refractivity contribution >= 4 is 12.0 Å². The van der Waals surface area contributed by atoms with Crippen molar-refractivity contribution < 1.29 is 94.1 Å². The lowest BCUT2D eigenvalue weighted by Gasteiger charge is -2.46. The van der Waals surface area contributed by atoms with E-state index in [2.05, 4.69) is 0 Å². The van der Waals surface area contributed by atoms with Crippen LogP contribution >= 0.6 is 0 Å². The van der Waals surface area contributed by atoms with Gasteiger partial charge in [-0.1, -0.05) is 12.1 Å². The van der Waals surface area contributed by atoms with Crippen molar-refractivity contribution in [2.45, 2.75) is 92.8 Å². The van der Waals surface area contributed by atoms with Gasteiger partial charge in [-0.15, -0.1) is 0 Å². The number of benzene rings is 2. The smallest absolute Gasteiger partial charge is 0.331 e. The maximum atomic E-state index is 13.2. The van der Waals surface area contributed by atoms with Gasteiger partial charge >= 0.3 is 5.97 Å². The monoisotopic (exact) mass is 756 g/mol. The van der Waals surface area contributed by atoms with Crippen LogP contribution < -0.4 is 0 Å². The van der Waals surface area contributed by atoms with Gasteiger partial charge < -0.3 is 89.3 Å². The fourth-order valence-electron chi connectivity index (χ4n) is 5.87. The van der Waals surface area contributed by atoms with E-state index in [1.807, 2.05) is 0 Å². The van der Waals surface area contributed by atoms with Crippen LogP contribution in [0.1, 0.15) is 18.1 Å². The van der Waals surface area contributed by atoms with Crippen LogP contribution in [0.4, 0.5) is 0 Å². The Balaban J connectivity index is 1.42. The molecule has 5 rings (SSSR count). The number of carbonyl (C=O) groups excluding carboxylic acids is 1. The molecular weight excluding hydrogens is 712 g/mol. The minimum Gasteiger partial charge on any atom is -0.504 e. The lowest BCUT2D eigenvalue weighted by molar-refractivity contribution is -0.360. The molecule has 19 heteroatoms. The van der Waals surface area contributed by atoms with Crippen LogP contribution in [-0.4, -0.2) is 168 Å². The summed E-state index contributed by atoms with van der Waals surface area (Å²) in [6, 6.07) is 7.83. The third-order valence-electron chi connectivity index (χ3n) is 9.09. The fraction of sp³-hybridized carbons (Fsp3) is 0.559. The summed E-state index contributed by atoms with van der Waals surface area (Å²) in [5.74, 6) is -2.62. The molecule has 0 saturated carbocycles. The van der Waals surface area contributed by atoms with Gasteiger partial charge in [0.25, 0.3) is 0 Å². The zero-order valence-corrected chi connectivity index (χ0v) is 28.3. The third-order valence-corrected chi connectivity index (χ3v) is 9.09. The van der Waals surface area contributed by atoms with Crippen LogP contribution in [-0.2, 0) is 44.4 Å². The summed E-state index contributed by atoms with van der Waals surface area (Å²) in [5.41, 5.74) is -1.24. The van der Waals surface area contributed by atoms with E-state index < -0.39 is 117 Å².